The number of rotatable bonds is 1. The van der Waals surface area contributed by atoms with Crippen LogP contribution in [-0.4, -0.2) is 5.54 Å². The van der Waals surface area contributed by atoms with Gasteiger partial charge in [0.2, 0.25) is 0 Å². The van der Waals surface area contributed by atoms with Gasteiger partial charge in [0.25, 0.3) is 0 Å². The first kappa shape index (κ1) is 13.2. The van der Waals surface area contributed by atoms with Crippen LogP contribution in [0.3, 0.4) is 0 Å². The Bertz CT molecular complexity index is 167. The van der Waals surface area contributed by atoms with Crippen molar-refractivity contribution in [1.29, 1.82) is 0 Å². The third-order valence-electron chi connectivity index (χ3n) is 3.39. The quantitative estimate of drug-likeness (QED) is 0.583. The van der Waals surface area contributed by atoms with E-state index in [-0.39, 0.29) is 12.4 Å². The van der Waals surface area contributed by atoms with Crippen molar-refractivity contribution in [3.8, 4) is 0 Å². The second-order valence-electron chi connectivity index (χ2n) is 5.67. The highest BCUT2D eigenvalue weighted by molar-refractivity contribution is 4.90. The van der Waals surface area contributed by atoms with Crippen LogP contribution in [0.25, 0.3) is 0 Å². The van der Waals surface area contributed by atoms with Crippen molar-refractivity contribution in [2.45, 2.75) is 58.9 Å². The van der Waals surface area contributed by atoms with Crippen molar-refractivity contribution in [3.63, 3.8) is 0 Å². The van der Waals surface area contributed by atoms with Gasteiger partial charge in [0.05, 0.1) is 5.54 Å². The fourth-order valence-electron chi connectivity index (χ4n) is 3.20. The van der Waals surface area contributed by atoms with E-state index >= 15 is 0 Å². The molecule has 0 aromatic heterocycles. The van der Waals surface area contributed by atoms with E-state index in [0.29, 0.717) is 11.0 Å². The smallest absolute Gasteiger partial charge is 0.0925 e. The molecule has 0 aromatic rings. The van der Waals surface area contributed by atoms with E-state index in [4.69, 9.17) is 0 Å². The molecule has 2 heteroatoms. The molecule has 3 N–H and O–H groups in total. The lowest BCUT2D eigenvalue weighted by molar-refractivity contribution is -0.486. The number of hydrogen-bond donors (Lipinski definition) is 1. The van der Waals surface area contributed by atoms with Crippen LogP contribution in [0.15, 0.2) is 0 Å². The van der Waals surface area contributed by atoms with Gasteiger partial charge in [0.1, 0.15) is 0 Å². The molecule has 0 aliphatic heterocycles. The molecule has 1 nitrogen and oxygen atoms in total. The van der Waals surface area contributed by atoms with Gasteiger partial charge in [0.15, 0.2) is 0 Å². The first-order valence-corrected chi connectivity index (χ1v) is 5.22. The molecule has 0 radical (unpaired) electrons. The maximum absolute atomic E-state index is 4.32. The summed E-state index contributed by atoms with van der Waals surface area (Å²) >= 11 is 0. The van der Waals surface area contributed by atoms with Gasteiger partial charge in [-0.1, -0.05) is 27.2 Å². The molecule has 0 aromatic carbocycles. The van der Waals surface area contributed by atoms with Crippen LogP contribution < -0.4 is 18.1 Å². The zero-order valence-corrected chi connectivity index (χ0v) is 10.2. The van der Waals surface area contributed by atoms with E-state index in [9.17, 15) is 0 Å². The second kappa shape index (κ2) is 4.18. The van der Waals surface area contributed by atoms with E-state index in [1.807, 2.05) is 0 Å². The monoisotopic (exact) mass is 205 g/mol. The van der Waals surface area contributed by atoms with Gasteiger partial charge >= 0.3 is 0 Å². The van der Waals surface area contributed by atoms with Gasteiger partial charge in [-0.05, 0) is 24.7 Å². The van der Waals surface area contributed by atoms with Crippen LogP contribution in [0.1, 0.15) is 53.4 Å². The minimum Gasteiger partial charge on any atom is -1.00 e. The number of quaternary nitrogens is 1. The average molecular weight is 206 g/mol. The molecule has 1 saturated carbocycles. The fraction of sp³-hybridized carbons (Fsp3) is 1.00. The molecule has 3 atom stereocenters. The third kappa shape index (κ3) is 3.47. The lowest BCUT2D eigenvalue weighted by Crippen LogP contribution is -3.00. The van der Waals surface area contributed by atoms with Crippen LogP contribution in [-0.2, 0) is 0 Å². The summed E-state index contributed by atoms with van der Waals surface area (Å²) in [6.07, 6.45) is 5.32. The molecule has 0 spiro atoms. The minimum absolute atomic E-state index is 0. The molecular weight excluding hydrogens is 182 g/mol. The molecule has 0 unspecified atom stereocenters. The Morgan fingerprint density at radius 2 is 1.85 bits per heavy atom. The summed E-state index contributed by atoms with van der Waals surface area (Å²) < 4.78 is 0. The van der Waals surface area contributed by atoms with Gasteiger partial charge in [-0.15, -0.1) is 0 Å². The van der Waals surface area contributed by atoms with Crippen molar-refractivity contribution in [3.05, 3.63) is 0 Å². The highest BCUT2D eigenvalue weighted by atomic mass is 35.5. The second-order valence-corrected chi connectivity index (χ2v) is 5.67. The largest absolute Gasteiger partial charge is 1.00 e. The standard InChI is InChI=1S/C11H23N.ClH/c1-5-10(3)6-9(2)7-11(4,12)8-10;/h9H,5-8,12H2,1-4H3;1H/t9-,10-,11-;/m0./s1. The maximum atomic E-state index is 4.32. The van der Waals surface area contributed by atoms with Gasteiger partial charge < -0.3 is 18.1 Å². The Morgan fingerprint density at radius 3 is 2.23 bits per heavy atom. The first-order chi connectivity index (χ1) is 5.37. The summed E-state index contributed by atoms with van der Waals surface area (Å²) in [6.45, 7) is 9.42. The van der Waals surface area contributed by atoms with Crippen molar-refractivity contribution in [2.75, 3.05) is 0 Å². The van der Waals surface area contributed by atoms with Gasteiger partial charge in [0, 0.05) is 12.8 Å². The Balaban J connectivity index is 0.00000144. The Morgan fingerprint density at radius 1 is 1.31 bits per heavy atom. The molecule has 1 aliphatic carbocycles. The lowest BCUT2D eigenvalue weighted by atomic mass is 9.63. The Hall–Kier alpha value is 0.250. The van der Waals surface area contributed by atoms with E-state index in [0.717, 1.165) is 5.92 Å². The topological polar surface area (TPSA) is 27.6 Å². The zero-order chi connectivity index (χ0) is 9.41. The zero-order valence-electron chi connectivity index (χ0n) is 9.49. The number of hydrogen-bond acceptors (Lipinski definition) is 0. The molecule has 1 aliphatic rings. The molecule has 1 rings (SSSR count). The van der Waals surface area contributed by atoms with Crippen molar-refractivity contribution >= 4 is 0 Å². The summed E-state index contributed by atoms with van der Waals surface area (Å²) in [6, 6.07) is 0. The maximum Gasteiger partial charge on any atom is 0.0925 e. The molecule has 13 heavy (non-hydrogen) atoms. The summed E-state index contributed by atoms with van der Waals surface area (Å²) in [4.78, 5) is 0. The number of halogens is 1. The molecular formula is C11H24ClN. The SMILES string of the molecule is CC[C@@]1(C)C[C@H](C)C[C@](C)([NH3+])C1.[Cl-]. The van der Waals surface area contributed by atoms with E-state index < -0.39 is 0 Å². The molecule has 0 bridgehead atoms. The van der Waals surface area contributed by atoms with Crippen LogP contribution in [0.5, 0.6) is 0 Å². The predicted octanol–water partition coefficient (Wildman–Crippen LogP) is -0.773. The summed E-state index contributed by atoms with van der Waals surface area (Å²) in [5.74, 6) is 0.867. The highest BCUT2D eigenvalue weighted by Crippen LogP contribution is 2.44. The minimum atomic E-state index is 0. The van der Waals surface area contributed by atoms with Crippen molar-refractivity contribution < 1.29 is 18.1 Å². The van der Waals surface area contributed by atoms with Gasteiger partial charge in [-0.25, -0.2) is 0 Å². The van der Waals surface area contributed by atoms with Gasteiger partial charge in [-0.3, -0.25) is 0 Å². The Kier molecular flexibility index (Phi) is 4.26. The highest BCUT2D eigenvalue weighted by Gasteiger charge is 2.41. The van der Waals surface area contributed by atoms with Gasteiger partial charge in [-0.2, -0.15) is 0 Å². The van der Waals surface area contributed by atoms with E-state index in [2.05, 4.69) is 33.4 Å². The van der Waals surface area contributed by atoms with E-state index in [1.54, 1.807) is 0 Å². The normalized spacial score (nSPS) is 45.5. The lowest BCUT2D eigenvalue weighted by Gasteiger charge is -2.43. The van der Waals surface area contributed by atoms with E-state index in [1.165, 1.54) is 25.7 Å². The third-order valence-corrected chi connectivity index (χ3v) is 3.39. The van der Waals surface area contributed by atoms with Crippen molar-refractivity contribution in [2.24, 2.45) is 11.3 Å². The molecule has 1 fully saturated rings. The molecule has 0 amide bonds. The Labute approximate surface area is 88.9 Å². The fourth-order valence-corrected chi connectivity index (χ4v) is 3.20. The van der Waals surface area contributed by atoms with Crippen LogP contribution in [0, 0.1) is 11.3 Å². The molecule has 80 valence electrons. The van der Waals surface area contributed by atoms with Crippen molar-refractivity contribution in [1.82, 2.24) is 0 Å². The predicted molar refractivity (Wildman–Crippen MR) is 52.7 cm³/mol. The molecule has 0 saturated heterocycles. The van der Waals surface area contributed by atoms with Crippen LogP contribution in [0.4, 0.5) is 0 Å². The van der Waals surface area contributed by atoms with Crippen LogP contribution >= 0.6 is 0 Å². The van der Waals surface area contributed by atoms with Crippen LogP contribution in [0.2, 0.25) is 0 Å². The summed E-state index contributed by atoms with van der Waals surface area (Å²) in [5, 5.41) is 0. The summed E-state index contributed by atoms with van der Waals surface area (Å²) in [7, 11) is 0. The average Bonchev–Trinajstić information content (AvgIpc) is 1.82. The molecule has 0 heterocycles. The summed E-state index contributed by atoms with van der Waals surface area (Å²) in [5.41, 5.74) is 5.22. The first-order valence-electron chi connectivity index (χ1n) is 5.22.